The van der Waals surface area contributed by atoms with Crippen molar-refractivity contribution in [2.24, 2.45) is 29.1 Å². The molecule has 0 aromatic carbocycles. The zero-order valence-corrected chi connectivity index (χ0v) is 30.0. The third-order valence-corrected chi connectivity index (χ3v) is 10.4. The van der Waals surface area contributed by atoms with Crippen LogP contribution in [0.2, 0.25) is 0 Å². The lowest BCUT2D eigenvalue weighted by Crippen LogP contribution is -2.50. The normalized spacial score (nSPS) is 28.0. The summed E-state index contributed by atoms with van der Waals surface area (Å²) in [5.74, 6) is 1.89. The minimum atomic E-state index is -1.18. The van der Waals surface area contributed by atoms with E-state index in [2.05, 4.69) is 103 Å². The van der Waals surface area contributed by atoms with Crippen LogP contribution in [0.4, 0.5) is 0 Å². The molecule has 1 saturated heterocycles. The Hall–Kier alpha value is -1.39. The number of allylic oxidation sites excluding steroid dienone is 4. The fraction of sp³-hybridized carbons (Fsp3) is 0.811. The van der Waals surface area contributed by atoms with Gasteiger partial charge in [-0.25, -0.2) is 30.1 Å². The lowest BCUT2D eigenvalue weighted by molar-refractivity contribution is -0.494. The molecule has 0 radical (unpaired) electrons. The summed E-state index contributed by atoms with van der Waals surface area (Å²) in [7, 11) is 0. The number of carbonyl (C=O) groups excluding carboxylic acids is 1. The van der Waals surface area contributed by atoms with E-state index in [4.69, 9.17) is 20.3 Å². The number of Topliss-reactive ketones (excluding diaryl/α,β-unsaturated/α-hetero) is 1. The van der Waals surface area contributed by atoms with E-state index in [9.17, 15) is 4.79 Å². The SMILES string of the molecule is CC(C)(C)C1CCC(OO)(OO)CC1.CC(C)C12C=CC(C)(CC1)OO2.CC1=CC=C(C(C)C)CC1.CC1CCC(=O)CC1.O. The number of hydrogen-bond donors (Lipinski definition) is 2. The van der Waals surface area contributed by atoms with Gasteiger partial charge in [-0.1, -0.05) is 90.8 Å². The number of rotatable bonds is 4. The van der Waals surface area contributed by atoms with E-state index in [0.717, 1.165) is 63.2 Å². The lowest BCUT2D eigenvalue weighted by Gasteiger charge is -2.47. The molecule has 6 rings (SSSR count). The van der Waals surface area contributed by atoms with Crippen LogP contribution in [0, 0.1) is 29.1 Å². The summed E-state index contributed by atoms with van der Waals surface area (Å²) in [5.41, 5.74) is 3.08. The molecule has 2 unspecified atom stereocenters. The van der Waals surface area contributed by atoms with E-state index in [0.29, 0.717) is 30.5 Å². The summed E-state index contributed by atoms with van der Waals surface area (Å²) >= 11 is 0. The van der Waals surface area contributed by atoms with E-state index in [-0.39, 0.29) is 22.1 Å². The van der Waals surface area contributed by atoms with Crippen molar-refractivity contribution < 1.29 is 40.3 Å². The molecule has 4 N–H and O–H groups in total. The monoisotopic (exact) mass is 638 g/mol. The fourth-order valence-electron chi connectivity index (χ4n) is 6.26. The molecule has 0 aromatic rings. The molecule has 2 aliphatic heterocycles. The van der Waals surface area contributed by atoms with Gasteiger partial charge in [0.2, 0.25) is 5.79 Å². The third kappa shape index (κ3) is 13.0. The first-order valence-corrected chi connectivity index (χ1v) is 17.1. The predicted molar refractivity (Wildman–Crippen MR) is 180 cm³/mol. The van der Waals surface area contributed by atoms with Gasteiger partial charge in [-0.2, -0.15) is 0 Å². The van der Waals surface area contributed by atoms with Crippen LogP contribution < -0.4 is 0 Å². The Labute approximate surface area is 273 Å². The highest BCUT2D eigenvalue weighted by Gasteiger charge is 2.47. The predicted octanol–water partition coefficient (Wildman–Crippen LogP) is 9.60. The molecule has 8 heteroatoms. The average Bonchev–Trinajstić information content (AvgIpc) is 3.00. The zero-order valence-electron chi connectivity index (χ0n) is 30.0. The maximum atomic E-state index is 10.6. The minimum Gasteiger partial charge on any atom is -0.412 e. The van der Waals surface area contributed by atoms with Gasteiger partial charge in [0.05, 0.1) is 0 Å². The molecule has 6 aliphatic rings. The number of ketones is 1. The molecular formula is C37H66O8. The van der Waals surface area contributed by atoms with E-state index < -0.39 is 5.79 Å². The fourth-order valence-corrected chi connectivity index (χ4v) is 6.26. The van der Waals surface area contributed by atoms with Crippen molar-refractivity contribution in [3.63, 3.8) is 0 Å². The van der Waals surface area contributed by atoms with Crippen LogP contribution in [0.3, 0.4) is 0 Å². The maximum absolute atomic E-state index is 10.6. The Balaban J connectivity index is 0.000000303. The van der Waals surface area contributed by atoms with Crippen LogP contribution in [0.15, 0.2) is 35.5 Å². The van der Waals surface area contributed by atoms with Crippen molar-refractivity contribution in [2.75, 3.05) is 0 Å². The van der Waals surface area contributed by atoms with Crippen LogP contribution in [0.5, 0.6) is 0 Å². The van der Waals surface area contributed by atoms with Crippen molar-refractivity contribution in [1.29, 1.82) is 0 Å². The third-order valence-electron chi connectivity index (χ3n) is 10.4. The van der Waals surface area contributed by atoms with Gasteiger partial charge in [-0.3, -0.25) is 4.79 Å². The molecule has 3 fully saturated rings. The van der Waals surface area contributed by atoms with Crippen LogP contribution in [0.25, 0.3) is 0 Å². The molecule has 8 nitrogen and oxygen atoms in total. The summed E-state index contributed by atoms with van der Waals surface area (Å²) in [6.45, 7) is 21.9. The first-order chi connectivity index (χ1) is 20.5. The highest BCUT2D eigenvalue weighted by molar-refractivity contribution is 5.78. The quantitative estimate of drug-likeness (QED) is 0.136. The van der Waals surface area contributed by atoms with E-state index >= 15 is 0 Å². The molecule has 45 heavy (non-hydrogen) atoms. The summed E-state index contributed by atoms with van der Waals surface area (Å²) < 4.78 is 0. The topological polar surface area (TPSA) is 126 Å². The first kappa shape index (κ1) is 41.6. The lowest BCUT2D eigenvalue weighted by atomic mass is 9.71. The number of fused-ring (bicyclic) bond motifs is 2. The molecule has 2 bridgehead atoms. The van der Waals surface area contributed by atoms with Gasteiger partial charge >= 0.3 is 0 Å². The highest BCUT2D eigenvalue weighted by Crippen LogP contribution is 2.44. The smallest absolute Gasteiger partial charge is 0.233 e. The zero-order chi connectivity index (χ0) is 33.2. The Bertz CT molecular complexity index is 955. The number of hydrogen-bond acceptors (Lipinski definition) is 7. The molecule has 4 aliphatic carbocycles. The second-order valence-corrected chi connectivity index (χ2v) is 15.8. The Morgan fingerprint density at radius 1 is 0.844 bits per heavy atom. The molecule has 0 amide bonds. The van der Waals surface area contributed by atoms with Crippen LogP contribution in [0.1, 0.15) is 146 Å². The highest BCUT2D eigenvalue weighted by atomic mass is 17.2. The average molecular weight is 639 g/mol. The minimum absolute atomic E-state index is 0. The molecule has 0 spiro atoms. The molecule has 262 valence electrons. The summed E-state index contributed by atoms with van der Waals surface area (Å²) in [4.78, 5) is 29.8. The molecule has 2 heterocycles. The van der Waals surface area contributed by atoms with Gasteiger partial charge in [-0.15, -0.1) is 0 Å². The van der Waals surface area contributed by atoms with E-state index in [1.165, 1.54) is 18.4 Å². The largest absolute Gasteiger partial charge is 0.412 e. The number of carbonyl (C=O) groups is 1. The van der Waals surface area contributed by atoms with Gasteiger partial charge in [0.15, 0.2) is 0 Å². The summed E-state index contributed by atoms with van der Waals surface area (Å²) in [6.07, 6.45) is 20.3. The van der Waals surface area contributed by atoms with Crippen molar-refractivity contribution >= 4 is 5.78 Å². The molecule has 0 aromatic heterocycles. The second-order valence-electron chi connectivity index (χ2n) is 15.8. The standard InChI is InChI=1S/C10H20O4.C10H16O2.C10H16.C7H12O.H2O/c1-9(2,3)8-4-6-10(13-11,14-12)7-5-8;1-8(2)10-6-4-9(3,5-7-10)11-12-10;1-8(2)10-6-4-9(3)5-7-10;1-6-2-4-7(8)5-3-6;/h8,11-12H,4-7H2,1-3H3;4,6,8H,5,7H2,1-3H3;4,6,8H,5,7H2,1-3H3;6H,2-5H2,1H3;1H2. The Kier molecular flexibility index (Phi) is 16.9. The summed E-state index contributed by atoms with van der Waals surface area (Å²) in [5, 5.41) is 17.3. The van der Waals surface area contributed by atoms with Crippen molar-refractivity contribution in [2.45, 2.75) is 163 Å². The van der Waals surface area contributed by atoms with Gasteiger partial charge in [0, 0.05) is 25.7 Å². The summed E-state index contributed by atoms with van der Waals surface area (Å²) in [6, 6.07) is 0. The van der Waals surface area contributed by atoms with Crippen LogP contribution >= 0.6 is 0 Å². The van der Waals surface area contributed by atoms with Gasteiger partial charge in [0.1, 0.15) is 17.0 Å². The van der Waals surface area contributed by atoms with Crippen molar-refractivity contribution in [3.8, 4) is 0 Å². The Morgan fingerprint density at radius 2 is 1.42 bits per heavy atom. The second kappa shape index (κ2) is 18.2. The van der Waals surface area contributed by atoms with Crippen LogP contribution in [-0.4, -0.2) is 38.8 Å². The maximum Gasteiger partial charge on any atom is 0.233 e. The van der Waals surface area contributed by atoms with Crippen molar-refractivity contribution in [1.82, 2.24) is 0 Å². The van der Waals surface area contributed by atoms with Crippen LogP contribution in [-0.2, 0) is 24.3 Å². The Morgan fingerprint density at radius 3 is 1.76 bits per heavy atom. The molecule has 2 saturated carbocycles. The van der Waals surface area contributed by atoms with E-state index in [1.54, 1.807) is 5.57 Å². The van der Waals surface area contributed by atoms with Gasteiger partial charge < -0.3 is 5.48 Å². The first-order valence-electron chi connectivity index (χ1n) is 17.1. The van der Waals surface area contributed by atoms with Crippen molar-refractivity contribution in [3.05, 3.63) is 35.5 Å². The van der Waals surface area contributed by atoms with E-state index in [1.807, 2.05) is 0 Å². The van der Waals surface area contributed by atoms with Gasteiger partial charge in [-0.05, 0) is 94.3 Å². The molecular weight excluding hydrogens is 572 g/mol. The van der Waals surface area contributed by atoms with Gasteiger partial charge in [0.25, 0.3) is 0 Å². The molecule has 2 atom stereocenters.